The number of benzene rings is 2. The zero-order valence-electron chi connectivity index (χ0n) is 12.3. The van der Waals surface area contributed by atoms with Crippen LogP contribution in [0.15, 0.2) is 48.5 Å². The van der Waals surface area contributed by atoms with Gasteiger partial charge in [-0.05, 0) is 48.1 Å². The lowest BCUT2D eigenvalue weighted by Gasteiger charge is -2.21. The first kappa shape index (κ1) is 13.9. The van der Waals surface area contributed by atoms with Gasteiger partial charge >= 0.3 is 5.97 Å². The maximum atomic E-state index is 11.8. The zero-order chi connectivity index (χ0) is 14.7. The average Bonchev–Trinajstić information content (AvgIpc) is 2.55. The highest BCUT2D eigenvalue weighted by Gasteiger charge is 2.23. The summed E-state index contributed by atoms with van der Waals surface area (Å²) in [5.74, 6) is -0.0191. The van der Waals surface area contributed by atoms with Gasteiger partial charge in [0.05, 0.1) is 12.5 Å². The summed E-state index contributed by atoms with van der Waals surface area (Å²) in [4.78, 5) is 11.8. The van der Waals surface area contributed by atoms with Crippen LogP contribution < -0.4 is 0 Å². The van der Waals surface area contributed by atoms with Gasteiger partial charge in [-0.15, -0.1) is 0 Å². The predicted octanol–water partition coefficient (Wildman–Crippen LogP) is 4.59. The van der Waals surface area contributed by atoms with Crippen LogP contribution in [-0.4, -0.2) is 12.6 Å². The first-order valence-electron chi connectivity index (χ1n) is 7.63. The van der Waals surface area contributed by atoms with Gasteiger partial charge < -0.3 is 4.74 Å². The van der Waals surface area contributed by atoms with Crippen molar-refractivity contribution in [3.8, 4) is 0 Å². The summed E-state index contributed by atoms with van der Waals surface area (Å²) < 4.78 is 5.12. The molecule has 2 nitrogen and oxygen atoms in total. The number of ether oxygens (including phenoxy) is 1. The maximum Gasteiger partial charge on any atom is 0.309 e. The predicted molar refractivity (Wildman–Crippen MR) is 85.9 cm³/mol. The minimum Gasteiger partial charge on any atom is -0.466 e. The summed E-state index contributed by atoms with van der Waals surface area (Å²) in [6.07, 6.45) is 4.83. The van der Waals surface area contributed by atoms with Gasteiger partial charge in [-0.25, -0.2) is 0 Å². The van der Waals surface area contributed by atoms with E-state index in [1.807, 2.05) is 6.92 Å². The number of allylic oxidation sites excluding steroid dienone is 2. The molecule has 0 radical (unpaired) electrons. The van der Waals surface area contributed by atoms with Gasteiger partial charge in [0.1, 0.15) is 0 Å². The van der Waals surface area contributed by atoms with Crippen LogP contribution in [0, 0.1) is 5.92 Å². The molecule has 2 heteroatoms. The Hall–Kier alpha value is -2.09. The first-order chi connectivity index (χ1) is 10.3. The molecule has 0 bridgehead atoms. The zero-order valence-corrected chi connectivity index (χ0v) is 12.3. The van der Waals surface area contributed by atoms with Gasteiger partial charge in [0.25, 0.3) is 0 Å². The molecule has 0 aliphatic heterocycles. The second kappa shape index (κ2) is 6.13. The van der Waals surface area contributed by atoms with E-state index in [0.717, 1.165) is 19.3 Å². The van der Waals surface area contributed by atoms with Crippen molar-refractivity contribution in [3.63, 3.8) is 0 Å². The molecule has 0 saturated carbocycles. The molecule has 0 saturated heterocycles. The molecule has 2 aromatic carbocycles. The fraction of sp³-hybridized carbons (Fsp3) is 0.316. The smallest absolute Gasteiger partial charge is 0.309 e. The van der Waals surface area contributed by atoms with Crippen LogP contribution in [0.2, 0.25) is 0 Å². The lowest BCUT2D eigenvalue weighted by Crippen LogP contribution is -2.19. The molecule has 1 aliphatic carbocycles. The topological polar surface area (TPSA) is 26.3 Å². The molecule has 108 valence electrons. The van der Waals surface area contributed by atoms with Gasteiger partial charge in [0.2, 0.25) is 0 Å². The first-order valence-corrected chi connectivity index (χ1v) is 7.63. The molecule has 0 N–H and O–H groups in total. The van der Waals surface area contributed by atoms with E-state index < -0.39 is 0 Å². The van der Waals surface area contributed by atoms with E-state index >= 15 is 0 Å². The van der Waals surface area contributed by atoms with Crippen molar-refractivity contribution in [3.05, 3.63) is 54.1 Å². The minimum absolute atomic E-state index is 0.0312. The normalized spacial score (nSPS) is 18.3. The number of fused-ring (bicyclic) bond motifs is 1. The average molecular weight is 280 g/mol. The number of esters is 1. The molecule has 0 heterocycles. The lowest BCUT2D eigenvalue weighted by atomic mass is 9.85. The Labute approximate surface area is 125 Å². The molecule has 3 rings (SSSR count). The van der Waals surface area contributed by atoms with E-state index in [4.69, 9.17) is 4.74 Å². The van der Waals surface area contributed by atoms with Crippen molar-refractivity contribution in [2.24, 2.45) is 5.92 Å². The van der Waals surface area contributed by atoms with Gasteiger partial charge in [0.15, 0.2) is 0 Å². The van der Waals surface area contributed by atoms with E-state index in [9.17, 15) is 4.79 Å². The fourth-order valence-electron chi connectivity index (χ4n) is 3.06. The van der Waals surface area contributed by atoms with Crippen molar-refractivity contribution in [2.45, 2.75) is 26.2 Å². The van der Waals surface area contributed by atoms with Crippen molar-refractivity contribution in [2.75, 3.05) is 6.61 Å². The molecule has 2 aromatic rings. The Morgan fingerprint density at radius 2 is 2.00 bits per heavy atom. The Kier molecular flexibility index (Phi) is 4.05. The van der Waals surface area contributed by atoms with Crippen molar-refractivity contribution >= 4 is 22.3 Å². The number of rotatable bonds is 3. The molecule has 21 heavy (non-hydrogen) atoms. The van der Waals surface area contributed by atoms with Gasteiger partial charge in [0, 0.05) is 0 Å². The highest BCUT2D eigenvalue weighted by atomic mass is 16.5. The third-order valence-electron chi connectivity index (χ3n) is 4.17. The van der Waals surface area contributed by atoms with E-state index in [0.29, 0.717) is 6.61 Å². The van der Waals surface area contributed by atoms with Crippen molar-refractivity contribution < 1.29 is 9.53 Å². The molecule has 0 aromatic heterocycles. The van der Waals surface area contributed by atoms with Crippen LogP contribution in [0.5, 0.6) is 0 Å². The SMILES string of the molecule is CCOC(=O)C1CC=C(c2cccc3ccccc23)CC1. The van der Waals surface area contributed by atoms with Crippen LogP contribution in [0.25, 0.3) is 16.3 Å². The summed E-state index contributed by atoms with van der Waals surface area (Å²) in [6.45, 7) is 2.33. The number of carbonyl (C=O) groups excluding carboxylic acids is 1. The monoisotopic (exact) mass is 280 g/mol. The maximum absolute atomic E-state index is 11.8. The minimum atomic E-state index is -0.0503. The van der Waals surface area contributed by atoms with Crippen LogP contribution in [0.1, 0.15) is 31.7 Å². The fourth-order valence-corrected chi connectivity index (χ4v) is 3.06. The standard InChI is InChI=1S/C19H20O2/c1-2-21-19(20)16-12-10-15(11-13-16)18-9-5-7-14-6-3-4-8-17(14)18/h3-10,16H,2,11-13H2,1H3. The van der Waals surface area contributed by atoms with Crippen LogP contribution in [-0.2, 0) is 9.53 Å². The van der Waals surface area contributed by atoms with E-state index in [1.54, 1.807) is 0 Å². The second-order valence-electron chi connectivity index (χ2n) is 5.48. The van der Waals surface area contributed by atoms with Crippen molar-refractivity contribution in [1.82, 2.24) is 0 Å². The summed E-state index contributed by atoms with van der Waals surface area (Å²) in [5.41, 5.74) is 2.66. The molecule has 0 fully saturated rings. The van der Waals surface area contributed by atoms with Gasteiger partial charge in [-0.1, -0.05) is 48.5 Å². The third kappa shape index (κ3) is 2.85. The second-order valence-corrected chi connectivity index (χ2v) is 5.48. The molecule has 1 aliphatic rings. The third-order valence-corrected chi connectivity index (χ3v) is 4.17. The number of hydrogen-bond donors (Lipinski definition) is 0. The summed E-state index contributed by atoms with van der Waals surface area (Å²) >= 11 is 0. The molecule has 1 unspecified atom stereocenters. The highest BCUT2D eigenvalue weighted by Crippen LogP contribution is 2.34. The summed E-state index contributed by atoms with van der Waals surface area (Å²) in [5, 5.41) is 2.56. The van der Waals surface area contributed by atoms with E-state index in [-0.39, 0.29) is 11.9 Å². The Bertz CT molecular complexity index is 680. The quantitative estimate of drug-likeness (QED) is 0.769. The van der Waals surface area contributed by atoms with E-state index in [2.05, 4.69) is 48.5 Å². The lowest BCUT2D eigenvalue weighted by molar-refractivity contribution is -0.148. The van der Waals surface area contributed by atoms with Crippen LogP contribution in [0.4, 0.5) is 0 Å². The van der Waals surface area contributed by atoms with Crippen molar-refractivity contribution in [1.29, 1.82) is 0 Å². The van der Waals surface area contributed by atoms with E-state index in [1.165, 1.54) is 21.9 Å². The summed E-state index contributed by atoms with van der Waals surface area (Å²) in [7, 11) is 0. The Balaban J connectivity index is 1.86. The van der Waals surface area contributed by atoms with Crippen LogP contribution >= 0.6 is 0 Å². The van der Waals surface area contributed by atoms with Crippen LogP contribution in [0.3, 0.4) is 0 Å². The largest absolute Gasteiger partial charge is 0.466 e. The molecule has 1 atom stereocenters. The Morgan fingerprint density at radius 1 is 1.19 bits per heavy atom. The highest BCUT2D eigenvalue weighted by molar-refractivity contribution is 5.94. The summed E-state index contributed by atoms with van der Waals surface area (Å²) in [6, 6.07) is 14.9. The number of carbonyl (C=O) groups is 1. The molecule has 0 amide bonds. The molecular formula is C19H20O2. The number of hydrogen-bond acceptors (Lipinski definition) is 2. The molecule has 0 spiro atoms. The Morgan fingerprint density at radius 3 is 2.76 bits per heavy atom. The molecular weight excluding hydrogens is 260 g/mol. The van der Waals surface area contributed by atoms with Gasteiger partial charge in [-0.3, -0.25) is 4.79 Å². The van der Waals surface area contributed by atoms with Gasteiger partial charge in [-0.2, -0.15) is 0 Å².